The van der Waals surface area contributed by atoms with E-state index in [-0.39, 0.29) is 23.0 Å². The number of hydrogen-bond donors (Lipinski definition) is 11. The van der Waals surface area contributed by atoms with Crippen LogP contribution < -0.4 is 52.9 Å². The zero-order valence-electron chi connectivity index (χ0n) is 54.1. The summed E-state index contributed by atoms with van der Waals surface area (Å²) in [4.78, 5) is 4.16. The van der Waals surface area contributed by atoms with Crippen molar-refractivity contribution < 1.29 is 52.9 Å². The molecule has 87 heavy (non-hydrogen) atoms. The van der Waals surface area contributed by atoms with E-state index in [0.717, 1.165) is 164 Å². The number of ether oxygens (including phenoxy) is 1. The predicted molar refractivity (Wildman–Crippen MR) is 357 cm³/mol. The van der Waals surface area contributed by atoms with E-state index < -0.39 is 0 Å². The number of phenols is 5. The van der Waals surface area contributed by atoms with Crippen molar-refractivity contribution in [3.8, 4) is 28.7 Å². The van der Waals surface area contributed by atoms with Crippen molar-refractivity contribution in [1.29, 1.82) is 0 Å². The molecule has 1 aliphatic rings. The van der Waals surface area contributed by atoms with E-state index in [1.54, 1.807) is 91.0 Å². The van der Waals surface area contributed by atoms with Crippen LogP contribution >= 0.6 is 0 Å². The molecule has 0 bridgehead atoms. The van der Waals surface area contributed by atoms with Gasteiger partial charge >= 0.3 is 0 Å². The lowest BCUT2D eigenvalue weighted by molar-refractivity contribution is -0.917. The lowest BCUT2D eigenvalue weighted by Crippen LogP contribution is -2.52. The first-order valence-electron chi connectivity index (χ1n) is 30.1. The summed E-state index contributed by atoms with van der Waals surface area (Å²) in [6, 6.07) is 25.3. The zero-order chi connectivity index (χ0) is 64.3. The molecule has 21 heteroatoms. The summed E-state index contributed by atoms with van der Waals surface area (Å²) in [5, 5.41) is 50.3. The summed E-state index contributed by atoms with van der Waals surface area (Å²) < 4.78 is 16.7. The number of benzene rings is 5. The molecule has 1 aliphatic heterocycles. The Morgan fingerprint density at radius 3 is 1.43 bits per heavy atom. The second kappa shape index (κ2) is 34.8. The molecule has 16 N–H and O–H groups in total. The van der Waals surface area contributed by atoms with Crippen LogP contribution in [-0.4, -0.2) is 177 Å². The van der Waals surface area contributed by atoms with E-state index in [1.807, 2.05) is 74.8 Å². The summed E-state index contributed by atoms with van der Waals surface area (Å²) >= 11 is 0. The average Bonchev–Trinajstić information content (AvgIpc) is 4.29. The van der Waals surface area contributed by atoms with E-state index in [1.165, 1.54) is 13.0 Å². The van der Waals surface area contributed by atoms with Gasteiger partial charge in [0, 0.05) is 69.6 Å². The number of hydrogen-bond acceptors (Lipinski definition) is 14. The van der Waals surface area contributed by atoms with E-state index in [2.05, 4.69) is 73.6 Å². The van der Waals surface area contributed by atoms with Crippen molar-refractivity contribution in [2.45, 2.75) is 58.0 Å². The number of phenolic OH excluding ortho intramolecular Hbond substituents is 5. The van der Waals surface area contributed by atoms with Crippen LogP contribution in [0, 0.1) is 0 Å². The quantitative estimate of drug-likeness (QED) is 0.0104. The molecule has 5 aromatic carbocycles. The van der Waals surface area contributed by atoms with Crippen molar-refractivity contribution in [2.24, 2.45) is 14.1 Å². The third-order valence-electron chi connectivity index (χ3n) is 14.9. The number of quaternary nitrogens is 3. The molecular formula is C66H108N15O6+5. The van der Waals surface area contributed by atoms with Crippen LogP contribution in [0.25, 0.3) is 0 Å². The number of morpholine rings is 1. The molecule has 0 radical (unpaired) electrons. The number of imidazole rings is 2. The monoisotopic (exact) mass is 1210 g/mol. The summed E-state index contributed by atoms with van der Waals surface area (Å²) in [6.45, 7) is 11.9. The van der Waals surface area contributed by atoms with Gasteiger partial charge in [-0.1, -0.05) is 0 Å². The van der Waals surface area contributed by atoms with Gasteiger partial charge in [0.1, 0.15) is 66.6 Å². The number of nitrogens with one attached hydrogen (secondary N) is 1. The van der Waals surface area contributed by atoms with Crippen molar-refractivity contribution in [1.82, 2.24) is 9.13 Å². The molecule has 478 valence electrons. The molecule has 21 nitrogen and oxygen atoms in total. The number of likely N-dealkylation sites (N-methyl/N-ethyl adjacent to an activating group) is 3. The minimum Gasteiger partial charge on any atom is -0.508 e. The summed E-state index contributed by atoms with van der Waals surface area (Å²) in [6.07, 6.45) is 19.4. The SMILES string of the molecule is CN(CCC[N+](C)(C)C)c1cc(O)ccc1N.CN(CC[N+](C)(C)C)c1cc(O)ccc1N.C[N+]1(CCCCc2cc(O)ccc2N)CCOCC1.C[n+]1ccn(CCCNc2cc(O)ccc2N)c1.C[n+]1ccn(CCCc2cc(O)ccc2N)c1. The van der Waals surface area contributed by atoms with Crippen LogP contribution in [0.3, 0.4) is 0 Å². The van der Waals surface area contributed by atoms with Gasteiger partial charge in [0.05, 0.1) is 150 Å². The van der Waals surface area contributed by atoms with Crippen LogP contribution in [0.1, 0.15) is 43.2 Å². The van der Waals surface area contributed by atoms with E-state index >= 15 is 0 Å². The lowest BCUT2D eigenvalue weighted by Gasteiger charge is -2.37. The second-order valence-electron chi connectivity index (χ2n) is 25.1. The first-order chi connectivity index (χ1) is 41.0. The van der Waals surface area contributed by atoms with Gasteiger partial charge in [0.15, 0.2) is 0 Å². The highest BCUT2D eigenvalue weighted by molar-refractivity contribution is 5.70. The van der Waals surface area contributed by atoms with Gasteiger partial charge in [-0.2, -0.15) is 0 Å². The first-order valence-corrected chi connectivity index (χ1v) is 30.1. The number of unbranched alkanes of at least 4 members (excludes halogenated alkanes) is 1. The van der Waals surface area contributed by atoms with Crippen molar-refractivity contribution >= 4 is 45.5 Å². The van der Waals surface area contributed by atoms with Crippen LogP contribution in [0.2, 0.25) is 0 Å². The van der Waals surface area contributed by atoms with Crippen LogP contribution in [0.4, 0.5) is 45.5 Å². The number of nitrogens with two attached hydrogens (primary N) is 5. The minimum absolute atomic E-state index is 0.226. The lowest BCUT2D eigenvalue weighted by atomic mass is 10.1. The number of aromatic nitrogens is 4. The Balaban J connectivity index is 0.000000233. The number of aromatic hydroxyl groups is 5. The fourth-order valence-electron chi connectivity index (χ4n) is 9.53. The van der Waals surface area contributed by atoms with Crippen LogP contribution in [-0.2, 0) is 44.8 Å². The van der Waals surface area contributed by atoms with Gasteiger partial charge < -0.3 is 87.5 Å². The average molecular weight is 1210 g/mol. The summed E-state index contributed by atoms with van der Waals surface area (Å²) in [7, 11) is 23.3. The number of nitrogens with zero attached hydrogens (tertiary/aromatic N) is 9. The topological polar surface area (TPSA) is 277 Å². The van der Waals surface area contributed by atoms with E-state index in [0.29, 0.717) is 22.8 Å². The van der Waals surface area contributed by atoms with Gasteiger partial charge in [-0.3, -0.25) is 0 Å². The molecule has 0 aliphatic carbocycles. The highest BCUT2D eigenvalue weighted by atomic mass is 16.5. The number of nitrogen functional groups attached to an aromatic ring is 5. The Kier molecular flexibility index (Phi) is 28.5. The molecule has 3 heterocycles. The highest BCUT2D eigenvalue weighted by Gasteiger charge is 2.24. The molecule has 1 saturated heterocycles. The zero-order valence-corrected chi connectivity index (χ0v) is 54.1. The molecule has 8 rings (SSSR count). The van der Waals surface area contributed by atoms with Gasteiger partial charge in [-0.15, -0.1) is 0 Å². The molecule has 0 atom stereocenters. The largest absolute Gasteiger partial charge is 0.508 e. The van der Waals surface area contributed by atoms with Crippen LogP contribution in [0.5, 0.6) is 28.7 Å². The minimum atomic E-state index is 0.226. The fraction of sp³-hybridized carbons (Fsp3) is 0.455. The van der Waals surface area contributed by atoms with Crippen molar-refractivity contribution in [3.05, 3.63) is 140 Å². The van der Waals surface area contributed by atoms with Crippen LogP contribution in [0.15, 0.2) is 128 Å². The van der Waals surface area contributed by atoms with Gasteiger partial charge in [-0.05, 0) is 116 Å². The maximum atomic E-state index is 9.47. The Morgan fingerprint density at radius 1 is 0.529 bits per heavy atom. The molecule has 0 spiro atoms. The third-order valence-corrected chi connectivity index (χ3v) is 14.9. The first kappa shape index (κ1) is 71.2. The van der Waals surface area contributed by atoms with Gasteiger partial charge in [0.2, 0.25) is 12.7 Å². The fourth-order valence-corrected chi connectivity index (χ4v) is 9.53. The van der Waals surface area contributed by atoms with Crippen molar-refractivity contribution in [2.75, 3.05) is 173 Å². The highest BCUT2D eigenvalue weighted by Crippen LogP contribution is 2.29. The summed E-state index contributed by atoms with van der Waals surface area (Å²) in [5.41, 5.74) is 37.6. The molecule has 2 aromatic heterocycles. The van der Waals surface area contributed by atoms with E-state index in [9.17, 15) is 25.5 Å². The van der Waals surface area contributed by atoms with E-state index in [4.69, 9.17) is 33.4 Å². The molecular weight excluding hydrogens is 1100 g/mol. The summed E-state index contributed by atoms with van der Waals surface area (Å²) in [5.74, 6) is 1.32. The maximum Gasteiger partial charge on any atom is 0.243 e. The Hall–Kier alpha value is -8.24. The predicted octanol–water partition coefficient (Wildman–Crippen LogP) is 6.73. The third kappa shape index (κ3) is 27.8. The molecule has 1 fully saturated rings. The molecule has 7 aromatic rings. The Morgan fingerprint density at radius 2 is 0.954 bits per heavy atom. The Labute approximate surface area is 518 Å². The normalized spacial score (nSPS) is 12.6. The van der Waals surface area contributed by atoms with Gasteiger partial charge in [0.25, 0.3) is 0 Å². The number of rotatable bonds is 23. The maximum absolute atomic E-state index is 9.47. The number of anilines is 8. The standard InChI is InChI=1S/C15H24N2O2.C13H18N4O.C13H17N3O.C13H23N3O.C12H21N3O/c1-17(8-10-19-11-9-17)7-3-2-4-13-12-14(18)5-6-15(13)16;1-16-7-8-17(10-16)6-2-5-15-13-9-11(18)3-4-12(13)14;1-15-7-8-16(10-15)6-2-3-11-9-12(17)4-5-13(11)14;1-15(8-5-9-16(2,3)4)13-10-11(17)6-7-12(13)14;1-14(7-8-15(2,3)4)12-9-10(16)5-6-11(12)13/h5-6,12H,2-4,7-11,16H2,1H3;3-4,7-10,15H,2,5-6,14H2,1H3;4-5,7-10H,2-3,6,14H2,1H3;6-7,10H,5,8-9,14H2,1-4H3;5-6,9H,7-8,13H2,1-4H3/p+5. The second-order valence-corrected chi connectivity index (χ2v) is 25.1. The van der Waals surface area contributed by atoms with Crippen molar-refractivity contribution in [3.63, 3.8) is 0 Å². The number of aryl methyl sites for hydroxylation is 6. The smallest absolute Gasteiger partial charge is 0.243 e. The molecule has 0 amide bonds. The van der Waals surface area contributed by atoms with Gasteiger partial charge in [-0.25, -0.2) is 18.3 Å². The molecule has 0 unspecified atom stereocenters. The molecule has 0 saturated carbocycles. The Bertz CT molecular complexity index is 3130.